The van der Waals surface area contributed by atoms with Crippen LogP contribution in [0, 0.1) is 13.8 Å². The summed E-state index contributed by atoms with van der Waals surface area (Å²) < 4.78 is 10.5. The summed E-state index contributed by atoms with van der Waals surface area (Å²) in [6, 6.07) is 5.68. The molecule has 0 N–H and O–H groups in total. The van der Waals surface area contributed by atoms with E-state index in [1.54, 1.807) is 20.4 Å². The molecule has 2 rings (SSSR count). The third-order valence-corrected chi connectivity index (χ3v) is 2.69. The largest absolute Gasteiger partial charge is 0.497 e. The Morgan fingerprint density at radius 2 is 1.56 bits per heavy atom. The van der Waals surface area contributed by atoms with Crippen molar-refractivity contribution in [2.45, 2.75) is 13.8 Å². The second-order valence-corrected chi connectivity index (χ2v) is 4.05. The molecule has 0 spiro atoms. The van der Waals surface area contributed by atoms with Gasteiger partial charge in [0.2, 0.25) is 0 Å². The highest BCUT2D eigenvalue weighted by atomic mass is 16.5. The van der Waals surface area contributed by atoms with E-state index in [0.717, 1.165) is 34.1 Å². The summed E-state index contributed by atoms with van der Waals surface area (Å²) in [5.74, 6) is 1.48. The molecule has 0 bridgehead atoms. The van der Waals surface area contributed by atoms with Crippen LogP contribution in [0.5, 0.6) is 11.5 Å². The van der Waals surface area contributed by atoms with E-state index in [9.17, 15) is 0 Å². The molecule has 18 heavy (non-hydrogen) atoms. The smallest absolute Gasteiger partial charge is 0.123 e. The first-order chi connectivity index (χ1) is 8.63. The highest BCUT2D eigenvalue weighted by Gasteiger charge is 2.09. The van der Waals surface area contributed by atoms with Crippen molar-refractivity contribution in [1.29, 1.82) is 0 Å². The van der Waals surface area contributed by atoms with Crippen molar-refractivity contribution in [3.05, 3.63) is 35.8 Å². The summed E-state index contributed by atoms with van der Waals surface area (Å²) in [7, 11) is 3.26. The molecule has 2 aromatic rings. The summed E-state index contributed by atoms with van der Waals surface area (Å²) >= 11 is 0. The second-order valence-electron chi connectivity index (χ2n) is 4.05. The Hall–Kier alpha value is -2.10. The lowest BCUT2D eigenvalue weighted by Gasteiger charge is -2.09. The first-order valence-electron chi connectivity index (χ1n) is 5.67. The predicted octanol–water partition coefficient (Wildman–Crippen LogP) is 2.78. The van der Waals surface area contributed by atoms with Crippen molar-refractivity contribution in [3.63, 3.8) is 0 Å². The molecule has 1 aromatic heterocycles. The van der Waals surface area contributed by atoms with Gasteiger partial charge in [-0.15, -0.1) is 0 Å². The van der Waals surface area contributed by atoms with Gasteiger partial charge in [-0.25, -0.2) is 0 Å². The van der Waals surface area contributed by atoms with Crippen LogP contribution in [-0.2, 0) is 0 Å². The van der Waals surface area contributed by atoms with Crippen LogP contribution in [0.2, 0.25) is 0 Å². The summed E-state index contributed by atoms with van der Waals surface area (Å²) in [5.41, 5.74) is 3.59. The van der Waals surface area contributed by atoms with Crippen LogP contribution in [0.15, 0.2) is 24.4 Å². The zero-order valence-corrected chi connectivity index (χ0v) is 11.0. The molecule has 4 nitrogen and oxygen atoms in total. The summed E-state index contributed by atoms with van der Waals surface area (Å²) in [4.78, 5) is 8.84. The lowest BCUT2D eigenvalue weighted by molar-refractivity contribution is 0.394. The third kappa shape index (κ3) is 2.42. The van der Waals surface area contributed by atoms with Gasteiger partial charge in [-0.05, 0) is 26.0 Å². The Labute approximate surface area is 107 Å². The zero-order valence-electron chi connectivity index (χ0n) is 11.0. The van der Waals surface area contributed by atoms with Gasteiger partial charge in [-0.1, -0.05) is 0 Å². The molecular formula is C14H16N2O2. The number of aryl methyl sites for hydroxylation is 2. The molecule has 4 heteroatoms. The number of ether oxygens (including phenoxy) is 2. The van der Waals surface area contributed by atoms with Crippen LogP contribution in [0.3, 0.4) is 0 Å². The molecule has 0 saturated carbocycles. The molecule has 1 heterocycles. The maximum Gasteiger partial charge on any atom is 0.123 e. The molecule has 0 radical (unpaired) electrons. The summed E-state index contributed by atoms with van der Waals surface area (Å²) in [5, 5.41) is 0. The van der Waals surface area contributed by atoms with Gasteiger partial charge in [-0.2, -0.15) is 0 Å². The minimum Gasteiger partial charge on any atom is -0.497 e. The molecule has 0 saturated heterocycles. The highest BCUT2D eigenvalue weighted by molar-refractivity contribution is 5.65. The van der Waals surface area contributed by atoms with E-state index in [2.05, 4.69) is 9.97 Å². The predicted molar refractivity (Wildman–Crippen MR) is 70.0 cm³/mol. The lowest BCUT2D eigenvalue weighted by atomic mass is 10.1. The fourth-order valence-corrected chi connectivity index (χ4v) is 1.83. The van der Waals surface area contributed by atoms with Crippen LogP contribution in [-0.4, -0.2) is 24.2 Å². The van der Waals surface area contributed by atoms with Gasteiger partial charge < -0.3 is 9.47 Å². The lowest BCUT2D eigenvalue weighted by Crippen LogP contribution is -1.95. The molecule has 0 aliphatic carbocycles. The van der Waals surface area contributed by atoms with Crippen molar-refractivity contribution in [2.24, 2.45) is 0 Å². The van der Waals surface area contributed by atoms with Crippen LogP contribution in [0.25, 0.3) is 11.3 Å². The molecule has 0 fully saturated rings. The number of methoxy groups -OCH3 is 2. The molecule has 94 valence electrons. The topological polar surface area (TPSA) is 44.2 Å². The molecule has 0 aliphatic heterocycles. The Balaban J connectivity index is 2.55. The molecule has 1 aromatic carbocycles. The zero-order chi connectivity index (χ0) is 13.1. The van der Waals surface area contributed by atoms with E-state index >= 15 is 0 Å². The van der Waals surface area contributed by atoms with Crippen LogP contribution < -0.4 is 9.47 Å². The minimum absolute atomic E-state index is 0.742. The SMILES string of the molecule is COc1cc(OC)cc(-c2ncc(C)nc2C)c1. The summed E-state index contributed by atoms with van der Waals surface area (Å²) in [6.07, 6.45) is 1.76. The van der Waals surface area contributed by atoms with Gasteiger partial charge in [0, 0.05) is 17.8 Å². The van der Waals surface area contributed by atoms with Crippen LogP contribution in [0.1, 0.15) is 11.4 Å². The fraction of sp³-hybridized carbons (Fsp3) is 0.286. The van der Waals surface area contributed by atoms with E-state index in [0.29, 0.717) is 0 Å². The van der Waals surface area contributed by atoms with E-state index in [1.165, 1.54) is 0 Å². The molecule has 0 unspecified atom stereocenters. The van der Waals surface area contributed by atoms with E-state index < -0.39 is 0 Å². The van der Waals surface area contributed by atoms with Gasteiger partial charge in [0.1, 0.15) is 11.5 Å². The summed E-state index contributed by atoms with van der Waals surface area (Å²) in [6.45, 7) is 3.87. The van der Waals surface area contributed by atoms with Crippen LogP contribution in [0.4, 0.5) is 0 Å². The number of hydrogen-bond donors (Lipinski definition) is 0. The van der Waals surface area contributed by atoms with Crippen LogP contribution >= 0.6 is 0 Å². The number of aromatic nitrogens is 2. The minimum atomic E-state index is 0.742. The average molecular weight is 244 g/mol. The van der Waals surface area contributed by atoms with Crippen molar-refractivity contribution in [1.82, 2.24) is 9.97 Å². The molecule has 0 aliphatic rings. The van der Waals surface area contributed by atoms with Gasteiger partial charge in [-0.3, -0.25) is 9.97 Å². The first-order valence-corrected chi connectivity index (χ1v) is 5.67. The monoisotopic (exact) mass is 244 g/mol. The third-order valence-electron chi connectivity index (χ3n) is 2.69. The van der Waals surface area contributed by atoms with Crippen molar-refractivity contribution < 1.29 is 9.47 Å². The number of rotatable bonds is 3. The van der Waals surface area contributed by atoms with Gasteiger partial charge in [0.05, 0.1) is 31.3 Å². The number of nitrogens with zero attached hydrogens (tertiary/aromatic N) is 2. The van der Waals surface area contributed by atoms with E-state index in [1.807, 2.05) is 32.0 Å². The van der Waals surface area contributed by atoms with E-state index in [4.69, 9.17) is 9.47 Å². The van der Waals surface area contributed by atoms with Gasteiger partial charge in [0.25, 0.3) is 0 Å². The fourth-order valence-electron chi connectivity index (χ4n) is 1.83. The Morgan fingerprint density at radius 1 is 0.944 bits per heavy atom. The number of benzene rings is 1. The van der Waals surface area contributed by atoms with Crippen molar-refractivity contribution in [3.8, 4) is 22.8 Å². The maximum absolute atomic E-state index is 5.25. The first kappa shape index (κ1) is 12.4. The molecule has 0 atom stereocenters. The normalized spacial score (nSPS) is 10.2. The Kier molecular flexibility index (Phi) is 3.46. The molecule has 0 amide bonds. The quantitative estimate of drug-likeness (QED) is 0.832. The number of hydrogen-bond acceptors (Lipinski definition) is 4. The van der Waals surface area contributed by atoms with Crippen molar-refractivity contribution >= 4 is 0 Å². The van der Waals surface area contributed by atoms with Gasteiger partial charge in [0.15, 0.2) is 0 Å². The highest BCUT2D eigenvalue weighted by Crippen LogP contribution is 2.29. The standard InChI is InChI=1S/C14H16N2O2/c1-9-8-15-14(10(2)16-9)11-5-12(17-3)7-13(6-11)18-4/h5-8H,1-4H3. The maximum atomic E-state index is 5.25. The van der Waals surface area contributed by atoms with Crippen molar-refractivity contribution in [2.75, 3.05) is 14.2 Å². The second kappa shape index (κ2) is 5.04. The molecular weight excluding hydrogens is 228 g/mol. The van der Waals surface area contributed by atoms with E-state index in [-0.39, 0.29) is 0 Å². The Bertz CT molecular complexity index is 545. The average Bonchev–Trinajstić information content (AvgIpc) is 2.38. The van der Waals surface area contributed by atoms with Gasteiger partial charge >= 0.3 is 0 Å². The Morgan fingerprint density at radius 3 is 2.06 bits per heavy atom.